The highest BCUT2D eigenvalue weighted by atomic mass is 19.1. The molecule has 0 spiro atoms. The lowest BCUT2D eigenvalue weighted by Crippen LogP contribution is -2.52. The van der Waals surface area contributed by atoms with E-state index in [1.807, 2.05) is 24.3 Å². The lowest BCUT2D eigenvalue weighted by atomic mass is 10.0. The van der Waals surface area contributed by atoms with Gasteiger partial charge in [-0.05, 0) is 24.2 Å². The molecule has 2 aromatic carbocycles. The average Bonchev–Trinajstić information content (AvgIpc) is 3.04. The van der Waals surface area contributed by atoms with Gasteiger partial charge in [0.05, 0.1) is 6.10 Å². The van der Waals surface area contributed by atoms with Crippen LogP contribution in [0.2, 0.25) is 0 Å². The molecular weight excluding hydrogens is 341 g/mol. The van der Waals surface area contributed by atoms with Crippen LogP contribution in [0.4, 0.5) is 4.39 Å². The topological polar surface area (TPSA) is 30.0 Å². The van der Waals surface area contributed by atoms with Crippen molar-refractivity contribution < 1.29 is 9.50 Å². The first kappa shape index (κ1) is 18.6. The number of hydrogen-bond donors (Lipinski definition) is 1. The van der Waals surface area contributed by atoms with E-state index in [4.69, 9.17) is 0 Å². The smallest absolute Gasteiger partial charge is 0.131 e. The zero-order valence-electron chi connectivity index (χ0n) is 15.9. The predicted octanol–water partition coefficient (Wildman–Crippen LogP) is 2.29. The summed E-state index contributed by atoms with van der Waals surface area (Å²) in [5.41, 5.74) is 2.73. The summed E-state index contributed by atoms with van der Waals surface area (Å²) in [6.07, 6.45) is -0.286. The summed E-state index contributed by atoms with van der Waals surface area (Å²) in [6, 6.07) is 15.2. The summed E-state index contributed by atoms with van der Waals surface area (Å²) < 4.78 is 13.9. The summed E-state index contributed by atoms with van der Waals surface area (Å²) in [4.78, 5) is 7.10. The van der Waals surface area contributed by atoms with E-state index < -0.39 is 0 Å². The fourth-order valence-corrected chi connectivity index (χ4v) is 4.23. The number of rotatable bonds is 4. The van der Waals surface area contributed by atoms with E-state index in [-0.39, 0.29) is 18.0 Å². The molecule has 5 heteroatoms. The zero-order chi connectivity index (χ0) is 18.8. The Labute approximate surface area is 160 Å². The Bertz CT molecular complexity index is 758. The Hall–Kier alpha value is -1.79. The summed E-state index contributed by atoms with van der Waals surface area (Å²) in [7, 11) is 2.15. The molecular formula is C22H28FN3O. The summed E-state index contributed by atoms with van der Waals surface area (Å²) >= 11 is 0. The second kappa shape index (κ2) is 8.07. The van der Waals surface area contributed by atoms with Gasteiger partial charge in [-0.25, -0.2) is 4.39 Å². The van der Waals surface area contributed by atoms with Crippen LogP contribution in [-0.4, -0.2) is 78.3 Å². The molecule has 0 amide bonds. The van der Waals surface area contributed by atoms with Gasteiger partial charge in [-0.15, -0.1) is 0 Å². The lowest BCUT2D eigenvalue weighted by molar-refractivity contribution is 0.0512. The number of halogens is 1. The molecule has 144 valence electrons. The molecule has 0 unspecified atom stereocenters. The summed E-state index contributed by atoms with van der Waals surface area (Å²) in [6.45, 7) is 6.64. The van der Waals surface area contributed by atoms with Crippen LogP contribution in [-0.2, 0) is 6.54 Å². The first-order valence-corrected chi connectivity index (χ1v) is 9.77. The second-order valence-corrected chi connectivity index (χ2v) is 7.84. The number of piperazine rings is 1. The van der Waals surface area contributed by atoms with Crippen LogP contribution in [0.5, 0.6) is 0 Å². The molecule has 0 aliphatic carbocycles. The third-order valence-electron chi connectivity index (χ3n) is 5.89. The van der Waals surface area contributed by atoms with Gasteiger partial charge in [0.25, 0.3) is 0 Å². The van der Waals surface area contributed by atoms with E-state index >= 15 is 0 Å². The van der Waals surface area contributed by atoms with Crippen molar-refractivity contribution in [2.24, 2.45) is 0 Å². The minimum absolute atomic E-state index is 0.192. The van der Waals surface area contributed by atoms with Gasteiger partial charge in [0.15, 0.2) is 0 Å². The van der Waals surface area contributed by atoms with Crippen LogP contribution in [0.1, 0.15) is 5.56 Å². The molecule has 2 aliphatic heterocycles. The predicted molar refractivity (Wildman–Crippen MR) is 106 cm³/mol. The third kappa shape index (κ3) is 4.22. The van der Waals surface area contributed by atoms with Crippen LogP contribution in [0, 0.1) is 5.82 Å². The normalized spacial score (nSPS) is 25.1. The molecule has 27 heavy (non-hydrogen) atoms. The number of hydrogen-bond acceptors (Lipinski definition) is 4. The summed E-state index contributed by atoms with van der Waals surface area (Å²) in [5.74, 6) is -0.192. The van der Waals surface area contributed by atoms with E-state index in [0.29, 0.717) is 12.1 Å². The molecule has 2 atom stereocenters. The number of likely N-dealkylation sites (N-methyl/N-ethyl adjacent to an activating group) is 1. The monoisotopic (exact) mass is 369 g/mol. The van der Waals surface area contributed by atoms with Crippen molar-refractivity contribution in [3.8, 4) is 11.1 Å². The highest BCUT2D eigenvalue weighted by Gasteiger charge is 2.36. The van der Waals surface area contributed by atoms with E-state index in [2.05, 4.69) is 33.9 Å². The molecule has 0 saturated carbocycles. The van der Waals surface area contributed by atoms with E-state index in [0.717, 1.165) is 44.8 Å². The number of aliphatic hydroxyl groups excluding tert-OH is 1. The highest BCUT2D eigenvalue weighted by molar-refractivity contribution is 5.64. The van der Waals surface area contributed by atoms with Gasteiger partial charge >= 0.3 is 0 Å². The number of β-amino-alcohol motifs (C(OH)–C–C–N with tert-alkyl or cyclic N) is 1. The van der Waals surface area contributed by atoms with Crippen molar-refractivity contribution >= 4 is 0 Å². The maximum atomic E-state index is 13.9. The molecule has 1 N–H and O–H groups in total. The lowest BCUT2D eigenvalue weighted by Gasteiger charge is -2.37. The Kier molecular flexibility index (Phi) is 5.55. The molecule has 0 aromatic heterocycles. The standard InChI is InChI=1S/C22H28FN3O/c1-24-10-12-26(13-11-24)21-15-25(16-22(21)27)14-17-6-8-18(9-7-17)19-4-2-3-5-20(19)23/h2-9,21-22,27H,10-16H2,1H3/t21-,22-/m1/s1. The van der Waals surface area contributed by atoms with E-state index in [1.54, 1.807) is 6.07 Å². The first-order valence-electron chi connectivity index (χ1n) is 9.77. The first-order chi connectivity index (χ1) is 13.1. The van der Waals surface area contributed by atoms with Gasteiger partial charge in [0, 0.05) is 57.4 Å². The molecule has 2 aliphatic rings. The van der Waals surface area contributed by atoms with Crippen molar-refractivity contribution in [3.63, 3.8) is 0 Å². The molecule has 2 saturated heterocycles. The molecule has 0 bridgehead atoms. The number of aliphatic hydroxyl groups is 1. The highest BCUT2D eigenvalue weighted by Crippen LogP contribution is 2.24. The van der Waals surface area contributed by atoms with Crippen LogP contribution in [0.3, 0.4) is 0 Å². The zero-order valence-corrected chi connectivity index (χ0v) is 15.9. The number of nitrogens with zero attached hydrogens (tertiary/aromatic N) is 3. The van der Waals surface area contributed by atoms with Gasteiger partial charge < -0.3 is 10.0 Å². The van der Waals surface area contributed by atoms with Crippen LogP contribution in [0.15, 0.2) is 48.5 Å². The Morgan fingerprint density at radius 2 is 1.67 bits per heavy atom. The van der Waals surface area contributed by atoms with Gasteiger partial charge in [0.1, 0.15) is 5.82 Å². The molecule has 4 rings (SSSR count). The maximum absolute atomic E-state index is 13.9. The van der Waals surface area contributed by atoms with Crippen molar-refractivity contribution in [3.05, 3.63) is 59.9 Å². The number of likely N-dealkylation sites (tertiary alicyclic amines) is 1. The minimum Gasteiger partial charge on any atom is -0.390 e. The van der Waals surface area contributed by atoms with Gasteiger partial charge in [-0.3, -0.25) is 9.80 Å². The number of benzene rings is 2. The van der Waals surface area contributed by atoms with Crippen molar-refractivity contribution in [2.75, 3.05) is 46.3 Å². The van der Waals surface area contributed by atoms with Crippen LogP contribution < -0.4 is 0 Å². The Morgan fingerprint density at radius 1 is 0.963 bits per heavy atom. The molecule has 2 aromatic rings. The Morgan fingerprint density at radius 3 is 2.37 bits per heavy atom. The summed E-state index contributed by atoms with van der Waals surface area (Å²) in [5, 5.41) is 10.5. The molecule has 0 radical (unpaired) electrons. The minimum atomic E-state index is -0.286. The van der Waals surface area contributed by atoms with Gasteiger partial charge in [-0.1, -0.05) is 42.5 Å². The third-order valence-corrected chi connectivity index (χ3v) is 5.89. The molecule has 2 heterocycles. The second-order valence-electron chi connectivity index (χ2n) is 7.84. The van der Waals surface area contributed by atoms with E-state index in [1.165, 1.54) is 11.6 Å². The van der Waals surface area contributed by atoms with Gasteiger partial charge in [-0.2, -0.15) is 0 Å². The largest absolute Gasteiger partial charge is 0.390 e. The molecule has 2 fully saturated rings. The van der Waals surface area contributed by atoms with Crippen LogP contribution in [0.25, 0.3) is 11.1 Å². The maximum Gasteiger partial charge on any atom is 0.131 e. The van der Waals surface area contributed by atoms with Gasteiger partial charge in [0.2, 0.25) is 0 Å². The Balaban J connectivity index is 1.38. The fourth-order valence-electron chi connectivity index (χ4n) is 4.23. The quantitative estimate of drug-likeness (QED) is 0.896. The SMILES string of the molecule is CN1CCN([C@@H]2CN(Cc3ccc(-c4ccccc4F)cc3)C[C@H]2O)CC1. The van der Waals surface area contributed by atoms with Crippen molar-refractivity contribution in [1.82, 2.24) is 14.7 Å². The fraction of sp³-hybridized carbons (Fsp3) is 0.455. The van der Waals surface area contributed by atoms with Crippen molar-refractivity contribution in [2.45, 2.75) is 18.7 Å². The van der Waals surface area contributed by atoms with Crippen LogP contribution >= 0.6 is 0 Å². The van der Waals surface area contributed by atoms with Crippen molar-refractivity contribution in [1.29, 1.82) is 0 Å². The average molecular weight is 369 g/mol. The van der Waals surface area contributed by atoms with E-state index in [9.17, 15) is 9.50 Å². The molecule has 4 nitrogen and oxygen atoms in total.